The lowest BCUT2D eigenvalue weighted by atomic mass is 9.93. The Bertz CT molecular complexity index is 711. The van der Waals surface area contributed by atoms with E-state index in [2.05, 4.69) is 49.2 Å². The van der Waals surface area contributed by atoms with Crippen LogP contribution in [-0.4, -0.2) is 0 Å². The molecular weight excluding hydrogens is 251 g/mol. The van der Waals surface area contributed by atoms with Gasteiger partial charge in [0.1, 0.15) is 6.61 Å². The lowest BCUT2D eigenvalue weighted by molar-refractivity contribution is -0.143. The lowest BCUT2D eigenvalue weighted by Gasteiger charge is -2.12. The molecule has 0 aliphatic heterocycles. The number of rotatable bonds is 2. The van der Waals surface area contributed by atoms with Crippen molar-refractivity contribution in [1.29, 1.82) is 0 Å². The van der Waals surface area contributed by atoms with Crippen molar-refractivity contribution < 1.29 is 9.47 Å². The van der Waals surface area contributed by atoms with Crippen molar-refractivity contribution in [2.75, 3.05) is 0 Å². The van der Waals surface area contributed by atoms with Crippen LogP contribution in [0.5, 0.6) is 0 Å². The van der Waals surface area contributed by atoms with Crippen LogP contribution in [0.2, 0.25) is 0 Å². The van der Waals surface area contributed by atoms with Crippen molar-refractivity contribution in [3.8, 4) is 0 Å². The highest BCUT2D eigenvalue weighted by atomic mass is 19.3. The van der Waals surface area contributed by atoms with Gasteiger partial charge in [-0.3, -0.25) is 0 Å². The van der Waals surface area contributed by atoms with Crippen molar-refractivity contribution in [3.05, 3.63) is 59.2 Å². The largest absolute Gasteiger partial charge is 0.189 e. The van der Waals surface area contributed by atoms with E-state index < -0.39 is 0 Å². The minimum absolute atomic E-state index is 0.0191. The van der Waals surface area contributed by atoms with Gasteiger partial charge < -0.3 is 0 Å². The van der Waals surface area contributed by atoms with Crippen LogP contribution < -0.4 is 0 Å². The molecule has 2 aromatic carbocycles. The second-order valence-electron chi connectivity index (χ2n) is 5.83. The van der Waals surface area contributed by atoms with Crippen LogP contribution in [0.1, 0.15) is 30.5 Å². The fraction of sp³-hybridized carbons (Fsp3) is 0.222. The summed E-state index contributed by atoms with van der Waals surface area (Å²) < 4.78 is 12.3. The Morgan fingerprint density at radius 3 is 2.50 bits per heavy atom. The molecule has 3 rings (SSSR count). The summed E-state index contributed by atoms with van der Waals surface area (Å²) in [5.41, 5.74) is 3.19. The van der Waals surface area contributed by atoms with Crippen LogP contribution in [-0.2, 0) is 11.5 Å². The molecule has 0 spiro atoms. The van der Waals surface area contributed by atoms with E-state index in [0.717, 1.165) is 21.9 Å². The molecule has 0 amide bonds. The molecule has 1 aliphatic carbocycles. The highest BCUT2D eigenvalue weighted by Crippen LogP contribution is 2.34. The number of hydrogen-bond donors (Lipinski definition) is 0. The normalized spacial score (nSPS) is 16.1. The van der Waals surface area contributed by atoms with Crippen molar-refractivity contribution in [1.82, 2.24) is 0 Å². The predicted octanol–water partition coefficient (Wildman–Crippen LogP) is 5.31. The minimum Gasteiger partial charge on any atom is -0.189 e. The van der Waals surface area contributed by atoms with Crippen molar-refractivity contribution in [2.24, 2.45) is 5.41 Å². The monoisotopic (exact) mass is 268 g/mol. The van der Waals surface area contributed by atoms with E-state index in [1.54, 1.807) is 0 Å². The molecule has 0 fully saturated rings. The van der Waals surface area contributed by atoms with Gasteiger partial charge in [-0.05, 0) is 38.1 Å². The second-order valence-corrected chi connectivity index (χ2v) is 5.83. The van der Waals surface area contributed by atoms with Gasteiger partial charge in [0.25, 0.3) is 0 Å². The summed E-state index contributed by atoms with van der Waals surface area (Å²) in [5.74, 6) is 0. The van der Waals surface area contributed by atoms with E-state index in [-0.39, 0.29) is 12.0 Å². The molecule has 2 heteroatoms. The van der Waals surface area contributed by atoms with Crippen LogP contribution >= 0.6 is 0 Å². The molecule has 0 radical (unpaired) electrons. The molecule has 0 atom stereocenters. The number of fused-ring (bicyclic) bond motifs is 3. The van der Waals surface area contributed by atoms with E-state index in [1.165, 1.54) is 5.56 Å². The van der Waals surface area contributed by atoms with E-state index in [4.69, 9.17) is 0 Å². The Balaban J connectivity index is 2.31. The molecule has 0 saturated carbocycles. The van der Waals surface area contributed by atoms with Gasteiger partial charge in [-0.1, -0.05) is 62.4 Å². The third-order valence-corrected chi connectivity index (χ3v) is 3.79. The predicted molar refractivity (Wildman–Crippen MR) is 81.7 cm³/mol. The Morgan fingerprint density at radius 1 is 1.05 bits per heavy atom. The molecule has 0 N–H and O–H groups in total. The van der Waals surface area contributed by atoms with Crippen LogP contribution in [0.3, 0.4) is 0 Å². The van der Waals surface area contributed by atoms with Gasteiger partial charge in [-0.2, -0.15) is 4.94 Å². The van der Waals surface area contributed by atoms with Gasteiger partial charge >= 0.3 is 0 Å². The fourth-order valence-electron chi connectivity index (χ4n) is 2.66. The number of benzene rings is 2. The topological polar surface area (TPSA) is 9.23 Å². The molecule has 0 heterocycles. The first-order chi connectivity index (χ1) is 9.61. The molecule has 0 aromatic heterocycles. The highest BCUT2D eigenvalue weighted by molar-refractivity contribution is 5.96. The standard InChI is InChI=1S/C18H17FO/c1-18(2)9-7-13-11-14(12-20-19)15-5-3-4-6-17(15)16(13)8-10-18/h3-11H,12H2,1-2H3. The molecule has 2 aromatic rings. The number of hydrogen-bond acceptors (Lipinski definition) is 1. The molecule has 0 unspecified atom stereocenters. The smallest absolute Gasteiger partial charge is 0.113 e. The summed E-state index contributed by atoms with van der Waals surface area (Å²) in [6, 6.07) is 10.1. The maximum Gasteiger partial charge on any atom is 0.113 e. The van der Waals surface area contributed by atoms with Gasteiger partial charge in [0.15, 0.2) is 0 Å². The Hall–Kier alpha value is -1.93. The number of allylic oxidation sites excluding steroid dienone is 2. The molecule has 102 valence electrons. The third kappa shape index (κ3) is 2.27. The first kappa shape index (κ1) is 13.1. The summed E-state index contributed by atoms with van der Waals surface area (Å²) in [6.45, 7) is 4.31. The lowest BCUT2D eigenvalue weighted by Crippen LogP contribution is -1.99. The minimum atomic E-state index is -0.0191. The van der Waals surface area contributed by atoms with E-state index in [0.29, 0.717) is 0 Å². The summed E-state index contributed by atoms with van der Waals surface area (Å²) in [6.07, 6.45) is 8.65. The van der Waals surface area contributed by atoms with Gasteiger partial charge in [-0.15, -0.1) is 0 Å². The fourth-order valence-corrected chi connectivity index (χ4v) is 2.66. The highest BCUT2D eigenvalue weighted by Gasteiger charge is 2.15. The summed E-state index contributed by atoms with van der Waals surface area (Å²) in [5, 5.41) is 2.18. The Kier molecular flexibility index (Phi) is 3.19. The molecule has 1 nitrogen and oxygen atoms in total. The number of halogens is 1. The third-order valence-electron chi connectivity index (χ3n) is 3.79. The first-order valence-electron chi connectivity index (χ1n) is 6.77. The Labute approximate surface area is 118 Å². The zero-order valence-electron chi connectivity index (χ0n) is 11.7. The summed E-state index contributed by atoms with van der Waals surface area (Å²) in [4.78, 5) is 3.86. The van der Waals surface area contributed by atoms with E-state index in [1.807, 2.05) is 24.3 Å². The zero-order chi connectivity index (χ0) is 14.2. The SMILES string of the molecule is CC1(C)C=Cc2cc(COF)c3ccccc3c2C=C1. The first-order valence-corrected chi connectivity index (χ1v) is 6.77. The quantitative estimate of drug-likeness (QED) is 0.717. The van der Waals surface area contributed by atoms with Gasteiger partial charge in [0.2, 0.25) is 0 Å². The van der Waals surface area contributed by atoms with Gasteiger partial charge in [0, 0.05) is 5.41 Å². The molecule has 20 heavy (non-hydrogen) atoms. The average Bonchev–Trinajstić information content (AvgIpc) is 2.59. The maximum atomic E-state index is 12.3. The molecule has 1 aliphatic rings. The maximum absolute atomic E-state index is 12.3. The zero-order valence-corrected chi connectivity index (χ0v) is 11.7. The molecular formula is C18H17FO. The van der Waals surface area contributed by atoms with Crippen LogP contribution in [0, 0.1) is 5.41 Å². The van der Waals surface area contributed by atoms with Crippen molar-refractivity contribution in [3.63, 3.8) is 0 Å². The summed E-state index contributed by atoms with van der Waals surface area (Å²) >= 11 is 0. The Morgan fingerprint density at radius 2 is 1.75 bits per heavy atom. The van der Waals surface area contributed by atoms with Crippen molar-refractivity contribution in [2.45, 2.75) is 20.5 Å². The van der Waals surface area contributed by atoms with Crippen molar-refractivity contribution >= 4 is 22.9 Å². The molecule has 0 bridgehead atoms. The average molecular weight is 268 g/mol. The summed E-state index contributed by atoms with van der Waals surface area (Å²) in [7, 11) is 0. The van der Waals surface area contributed by atoms with E-state index >= 15 is 0 Å². The van der Waals surface area contributed by atoms with Crippen LogP contribution in [0.15, 0.2) is 42.5 Å². The van der Waals surface area contributed by atoms with Gasteiger partial charge in [0.05, 0.1) is 0 Å². The van der Waals surface area contributed by atoms with Crippen LogP contribution in [0.25, 0.3) is 22.9 Å². The second kappa shape index (κ2) is 4.88. The molecule has 0 saturated heterocycles. The van der Waals surface area contributed by atoms with Gasteiger partial charge in [-0.25, -0.2) is 0 Å². The van der Waals surface area contributed by atoms with Crippen LogP contribution in [0.4, 0.5) is 4.53 Å². The van der Waals surface area contributed by atoms with E-state index in [9.17, 15) is 4.53 Å².